The van der Waals surface area contributed by atoms with Crippen LogP contribution >= 0.6 is 15.9 Å². The molecule has 0 aliphatic carbocycles. The molecule has 1 amide bonds. The largest absolute Gasteiger partial charge is 0.375 e. The predicted octanol–water partition coefficient (Wildman–Crippen LogP) is 1.64. The Morgan fingerprint density at radius 2 is 2.25 bits per heavy atom. The molecule has 5 heteroatoms. The molecule has 0 unspecified atom stereocenters. The van der Waals surface area contributed by atoms with Gasteiger partial charge in [-0.2, -0.15) is 0 Å². The Morgan fingerprint density at radius 1 is 1.56 bits per heavy atom. The van der Waals surface area contributed by atoms with Crippen molar-refractivity contribution in [3.05, 3.63) is 34.1 Å². The van der Waals surface area contributed by atoms with Gasteiger partial charge in [0.25, 0.3) is 5.91 Å². The minimum atomic E-state index is -1.72. The molecule has 1 N–H and O–H groups in total. The van der Waals surface area contributed by atoms with E-state index in [9.17, 15) is 14.3 Å². The number of halogens is 2. The van der Waals surface area contributed by atoms with Crippen LogP contribution in [0, 0.1) is 5.82 Å². The van der Waals surface area contributed by atoms with Crippen molar-refractivity contribution in [2.45, 2.75) is 12.0 Å². The molecule has 1 fully saturated rings. The molecule has 0 radical (unpaired) electrons. The number of amides is 1. The summed E-state index contributed by atoms with van der Waals surface area (Å²) in [5.41, 5.74) is -1.68. The first-order valence-corrected chi connectivity index (χ1v) is 5.68. The number of aliphatic hydroxyl groups is 1. The van der Waals surface area contributed by atoms with E-state index in [1.807, 2.05) is 0 Å². The van der Waals surface area contributed by atoms with Crippen LogP contribution in [-0.2, 0) is 10.4 Å². The first-order chi connectivity index (χ1) is 7.45. The van der Waals surface area contributed by atoms with Crippen LogP contribution in [0.5, 0.6) is 0 Å². The molecule has 1 heterocycles. The van der Waals surface area contributed by atoms with Gasteiger partial charge in [0.1, 0.15) is 5.82 Å². The van der Waals surface area contributed by atoms with Gasteiger partial charge >= 0.3 is 0 Å². The van der Waals surface area contributed by atoms with Gasteiger partial charge in [-0.05, 0) is 18.2 Å². The highest BCUT2D eigenvalue weighted by Crippen LogP contribution is 2.35. The Balaban J connectivity index is 2.51. The SMILES string of the molecule is CN1CC[C@](O)(c2cc(Br)ccc2F)C1=O. The third-order valence-corrected chi connectivity index (χ3v) is 3.38. The van der Waals surface area contributed by atoms with Gasteiger partial charge in [0.05, 0.1) is 0 Å². The lowest BCUT2D eigenvalue weighted by Crippen LogP contribution is -2.36. The number of hydrogen-bond acceptors (Lipinski definition) is 2. The summed E-state index contributed by atoms with van der Waals surface area (Å²) in [5.74, 6) is -1.01. The van der Waals surface area contributed by atoms with Gasteiger partial charge < -0.3 is 10.0 Å². The summed E-state index contributed by atoms with van der Waals surface area (Å²) in [4.78, 5) is 13.2. The van der Waals surface area contributed by atoms with Crippen LogP contribution in [0.3, 0.4) is 0 Å². The molecular weight excluding hydrogens is 277 g/mol. The Labute approximate surface area is 101 Å². The van der Waals surface area contributed by atoms with E-state index in [-0.39, 0.29) is 12.0 Å². The molecule has 1 aliphatic rings. The quantitative estimate of drug-likeness (QED) is 0.853. The third-order valence-electron chi connectivity index (χ3n) is 2.88. The molecule has 0 aromatic heterocycles. The summed E-state index contributed by atoms with van der Waals surface area (Å²) in [7, 11) is 1.59. The van der Waals surface area contributed by atoms with Crippen molar-refractivity contribution in [2.24, 2.45) is 0 Å². The van der Waals surface area contributed by atoms with Gasteiger partial charge in [-0.1, -0.05) is 15.9 Å². The molecule has 3 nitrogen and oxygen atoms in total. The summed E-state index contributed by atoms with van der Waals surface area (Å²) in [6, 6.07) is 4.22. The molecule has 86 valence electrons. The lowest BCUT2D eigenvalue weighted by atomic mass is 9.92. The zero-order valence-corrected chi connectivity index (χ0v) is 10.3. The molecule has 0 bridgehead atoms. The highest BCUT2D eigenvalue weighted by atomic mass is 79.9. The minimum Gasteiger partial charge on any atom is -0.375 e. The van der Waals surface area contributed by atoms with E-state index in [0.29, 0.717) is 11.0 Å². The fourth-order valence-electron chi connectivity index (χ4n) is 1.92. The molecule has 16 heavy (non-hydrogen) atoms. The van der Waals surface area contributed by atoms with Gasteiger partial charge in [-0.25, -0.2) is 4.39 Å². The Hall–Kier alpha value is -0.940. The second kappa shape index (κ2) is 3.82. The van der Waals surface area contributed by atoms with Crippen LogP contribution in [0.15, 0.2) is 22.7 Å². The van der Waals surface area contributed by atoms with Crippen molar-refractivity contribution in [3.63, 3.8) is 0 Å². The van der Waals surface area contributed by atoms with Crippen molar-refractivity contribution in [1.29, 1.82) is 0 Å². The van der Waals surface area contributed by atoms with Gasteiger partial charge in [-0.15, -0.1) is 0 Å². The van der Waals surface area contributed by atoms with E-state index in [0.717, 1.165) is 0 Å². The standard InChI is InChI=1S/C11H11BrFNO2/c1-14-5-4-11(16,10(14)15)8-6-7(12)2-3-9(8)13/h2-3,6,16H,4-5H2,1H3/t11-/m0/s1. The van der Waals surface area contributed by atoms with Crippen molar-refractivity contribution in [2.75, 3.05) is 13.6 Å². The topological polar surface area (TPSA) is 40.5 Å². The summed E-state index contributed by atoms with van der Waals surface area (Å²) in [6.45, 7) is 0.432. The molecular formula is C11H11BrFNO2. The molecule has 1 aliphatic heterocycles. The van der Waals surface area contributed by atoms with E-state index in [4.69, 9.17) is 0 Å². The van der Waals surface area contributed by atoms with Crippen molar-refractivity contribution in [3.8, 4) is 0 Å². The van der Waals surface area contributed by atoms with Crippen LogP contribution in [0.2, 0.25) is 0 Å². The van der Waals surface area contributed by atoms with Crippen molar-refractivity contribution < 1.29 is 14.3 Å². The molecule has 1 atom stereocenters. The fraction of sp³-hybridized carbons (Fsp3) is 0.364. The number of rotatable bonds is 1. The molecule has 0 saturated carbocycles. The highest BCUT2D eigenvalue weighted by Gasteiger charge is 2.46. The van der Waals surface area contributed by atoms with Crippen LogP contribution in [0.1, 0.15) is 12.0 Å². The predicted molar refractivity (Wildman–Crippen MR) is 60.3 cm³/mol. The first-order valence-electron chi connectivity index (χ1n) is 4.88. The number of carbonyl (C=O) groups excluding carboxylic acids is 1. The number of nitrogens with zero attached hydrogens (tertiary/aromatic N) is 1. The van der Waals surface area contributed by atoms with Gasteiger partial charge in [0.2, 0.25) is 0 Å². The lowest BCUT2D eigenvalue weighted by Gasteiger charge is -2.21. The molecule has 0 spiro atoms. The maximum absolute atomic E-state index is 13.6. The van der Waals surface area contributed by atoms with Crippen LogP contribution < -0.4 is 0 Å². The number of likely N-dealkylation sites (N-methyl/N-ethyl adjacent to an activating group) is 1. The third kappa shape index (κ3) is 1.64. The van der Waals surface area contributed by atoms with Crippen LogP contribution in [0.25, 0.3) is 0 Å². The number of carbonyl (C=O) groups is 1. The van der Waals surface area contributed by atoms with Gasteiger partial charge in [0.15, 0.2) is 5.60 Å². The van der Waals surface area contributed by atoms with Gasteiger partial charge in [0, 0.05) is 30.0 Å². The number of hydrogen-bond donors (Lipinski definition) is 1. The van der Waals surface area contributed by atoms with E-state index in [1.165, 1.54) is 23.1 Å². The van der Waals surface area contributed by atoms with E-state index in [1.54, 1.807) is 7.05 Å². The smallest absolute Gasteiger partial charge is 0.259 e. The average Bonchev–Trinajstić information content (AvgIpc) is 2.51. The van der Waals surface area contributed by atoms with E-state index < -0.39 is 17.3 Å². The maximum Gasteiger partial charge on any atom is 0.259 e. The summed E-state index contributed by atoms with van der Waals surface area (Å²) in [5, 5.41) is 10.3. The lowest BCUT2D eigenvalue weighted by molar-refractivity contribution is -0.143. The molecule has 1 saturated heterocycles. The van der Waals surface area contributed by atoms with Crippen molar-refractivity contribution >= 4 is 21.8 Å². The zero-order chi connectivity index (χ0) is 11.9. The summed E-state index contributed by atoms with van der Waals surface area (Å²) in [6.07, 6.45) is 0.218. The second-order valence-electron chi connectivity index (χ2n) is 3.96. The van der Waals surface area contributed by atoms with Gasteiger partial charge in [-0.3, -0.25) is 4.79 Å². The molecule has 1 aromatic rings. The Bertz CT molecular complexity index is 452. The monoisotopic (exact) mass is 287 g/mol. The summed E-state index contributed by atoms with van der Waals surface area (Å²) < 4.78 is 14.3. The fourth-order valence-corrected chi connectivity index (χ4v) is 2.28. The maximum atomic E-state index is 13.6. The number of likely N-dealkylation sites (tertiary alicyclic amines) is 1. The van der Waals surface area contributed by atoms with E-state index in [2.05, 4.69) is 15.9 Å². The molecule has 2 rings (SSSR count). The van der Waals surface area contributed by atoms with Crippen LogP contribution in [0.4, 0.5) is 4.39 Å². The molecule has 1 aromatic carbocycles. The van der Waals surface area contributed by atoms with Crippen LogP contribution in [-0.4, -0.2) is 29.5 Å². The average molecular weight is 288 g/mol. The van der Waals surface area contributed by atoms with Crippen molar-refractivity contribution in [1.82, 2.24) is 4.90 Å². The highest BCUT2D eigenvalue weighted by molar-refractivity contribution is 9.10. The van der Waals surface area contributed by atoms with E-state index >= 15 is 0 Å². The first kappa shape index (κ1) is 11.5. The minimum absolute atomic E-state index is 0.0382. The normalized spacial score (nSPS) is 25.2. The zero-order valence-electron chi connectivity index (χ0n) is 8.70. The Kier molecular flexibility index (Phi) is 2.75. The summed E-state index contributed by atoms with van der Waals surface area (Å²) >= 11 is 3.20. The second-order valence-corrected chi connectivity index (χ2v) is 4.88. The number of benzene rings is 1. The Morgan fingerprint density at radius 3 is 2.81 bits per heavy atom.